The summed E-state index contributed by atoms with van der Waals surface area (Å²) in [5.74, 6) is 0.841. The highest BCUT2D eigenvalue weighted by atomic mass is 35.5. The second kappa shape index (κ2) is 5.87. The fraction of sp³-hybridized carbons (Fsp3) is 0.647. The second-order valence-electron chi connectivity index (χ2n) is 6.60. The van der Waals surface area contributed by atoms with Crippen molar-refractivity contribution in [3.63, 3.8) is 0 Å². The Kier molecular flexibility index (Phi) is 4.31. The van der Waals surface area contributed by atoms with Crippen LogP contribution in [0.3, 0.4) is 0 Å². The van der Waals surface area contributed by atoms with Gasteiger partial charge in [-0.2, -0.15) is 0 Å². The highest BCUT2D eigenvalue weighted by Crippen LogP contribution is 2.53. The molecule has 2 aliphatic rings. The average molecular weight is 312 g/mol. The van der Waals surface area contributed by atoms with Crippen LogP contribution in [0.4, 0.5) is 0 Å². The maximum Gasteiger partial charge on any atom is 0.0459 e. The third-order valence-electron chi connectivity index (χ3n) is 4.86. The molecule has 0 aliphatic heterocycles. The number of hydrogen-bond acceptors (Lipinski definition) is 1. The summed E-state index contributed by atoms with van der Waals surface area (Å²) in [7, 11) is 0. The third kappa shape index (κ3) is 2.86. The SMILES string of the molecule is CCCC1CC(CNC2CC2)(c2c(Cl)cccc2Cl)C1. The van der Waals surface area contributed by atoms with Crippen LogP contribution < -0.4 is 5.32 Å². The summed E-state index contributed by atoms with van der Waals surface area (Å²) in [5.41, 5.74) is 1.35. The van der Waals surface area contributed by atoms with Crippen molar-refractivity contribution in [1.29, 1.82) is 0 Å². The number of hydrogen-bond donors (Lipinski definition) is 1. The number of rotatable bonds is 6. The normalized spacial score (nSPS) is 29.2. The molecule has 0 saturated heterocycles. The molecule has 110 valence electrons. The fourth-order valence-electron chi connectivity index (χ4n) is 3.73. The minimum Gasteiger partial charge on any atom is -0.313 e. The molecule has 20 heavy (non-hydrogen) atoms. The molecule has 0 bridgehead atoms. The van der Waals surface area contributed by atoms with Crippen LogP contribution in [0.1, 0.15) is 51.0 Å². The largest absolute Gasteiger partial charge is 0.313 e. The summed E-state index contributed by atoms with van der Waals surface area (Å²) in [6, 6.07) is 6.64. The molecule has 0 spiro atoms. The molecule has 2 aliphatic carbocycles. The first-order valence-corrected chi connectivity index (χ1v) is 8.58. The second-order valence-corrected chi connectivity index (χ2v) is 7.41. The Morgan fingerprint density at radius 3 is 2.40 bits per heavy atom. The van der Waals surface area contributed by atoms with Gasteiger partial charge in [-0.1, -0.05) is 49.0 Å². The zero-order valence-corrected chi connectivity index (χ0v) is 13.6. The van der Waals surface area contributed by atoms with Gasteiger partial charge in [0.1, 0.15) is 0 Å². The maximum atomic E-state index is 6.47. The molecule has 0 aromatic heterocycles. The van der Waals surface area contributed by atoms with Gasteiger partial charge in [0.05, 0.1) is 0 Å². The molecule has 2 saturated carbocycles. The summed E-state index contributed by atoms with van der Waals surface area (Å²) in [6.45, 7) is 3.30. The maximum absolute atomic E-state index is 6.47. The van der Waals surface area contributed by atoms with E-state index < -0.39 is 0 Å². The van der Waals surface area contributed by atoms with Gasteiger partial charge in [0, 0.05) is 28.0 Å². The van der Waals surface area contributed by atoms with Crippen LogP contribution in [0.25, 0.3) is 0 Å². The van der Waals surface area contributed by atoms with Crippen LogP contribution in [-0.2, 0) is 5.41 Å². The number of benzene rings is 1. The summed E-state index contributed by atoms with van der Waals surface area (Å²) < 4.78 is 0. The summed E-state index contributed by atoms with van der Waals surface area (Å²) in [4.78, 5) is 0. The van der Waals surface area contributed by atoms with Crippen molar-refractivity contribution in [2.24, 2.45) is 5.92 Å². The molecule has 2 fully saturated rings. The highest BCUT2D eigenvalue weighted by molar-refractivity contribution is 6.36. The Labute approximate surface area is 132 Å². The van der Waals surface area contributed by atoms with Crippen LogP contribution in [0.5, 0.6) is 0 Å². The lowest BCUT2D eigenvalue weighted by atomic mass is 9.57. The molecule has 0 atom stereocenters. The van der Waals surface area contributed by atoms with Gasteiger partial charge in [-0.25, -0.2) is 0 Å². The van der Waals surface area contributed by atoms with Crippen LogP contribution in [0, 0.1) is 5.92 Å². The van der Waals surface area contributed by atoms with Gasteiger partial charge >= 0.3 is 0 Å². The first kappa shape index (κ1) is 14.7. The van der Waals surface area contributed by atoms with E-state index in [9.17, 15) is 0 Å². The number of nitrogens with one attached hydrogen (secondary N) is 1. The van der Waals surface area contributed by atoms with E-state index in [1.54, 1.807) is 0 Å². The van der Waals surface area contributed by atoms with E-state index in [0.717, 1.165) is 28.5 Å². The monoisotopic (exact) mass is 311 g/mol. The lowest BCUT2D eigenvalue weighted by molar-refractivity contribution is 0.128. The quantitative estimate of drug-likeness (QED) is 0.762. The van der Waals surface area contributed by atoms with Gasteiger partial charge in [-0.05, 0) is 49.3 Å². The van der Waals surface area contributed by atoms with Crippen LogP contribution in [-0.4, -0.2) is 12.6 Å². The molecule has 0 amide bonds. The van der Waals surface area contributed by atoms with Crippen molar-refractivity contribution in [2.75, 3.05) is 6.54 Å². The molecule has 0 unspecified atom stereocenters. The average Bonchev–Trinajstić information content (AvgIpc) is 3.17. The Hall–Kier alpha value is -0.240. The van der Waals surface area contributed by atoms with Crippen molar-refractivity contribution >= 4 is 23.2 Å². The topological polar surface area (TPSA) is 12.0 Å². The van der Waals surface area contributed by atoms with Gasteiger partial charge in [0.25, 0.3) is 0 Å². The zero-order chi connectivity index (χ0) is 14.2. The Morgan fingerprint density at radius 2 is 1.85 bits per heavy atom. The van der Waals surface area contributed by atoms with E-state index in [4.69, 9.17) is 23.2 Å². The summed E-state index contributed by atoms with van der Waals surface area (Å²) >= 11 is 12.9. The Balaban J connectivity index is 1.81. The lowest BCUT2D eigenvalue weighted by Gasteiger charge is -2.49. The van der Waals surface area contributed by atoms with Crippen molar-refractivity contribution < 1.29 is 0 Å². The first-order valence-electron chi connectivity index (χ1n) is 7.82. The molecule has 1 N–H and O–H groups in total. The van der Waals surface area contributed by atoms with Gasteiger partial charge in [0.2, 0.25) is 0 Å². The standard InChI is InChI=1S/C17H23Cl2N/c1-2-4-12-9-17(10-12,11-20-13-7-8-13)16-14(18)5-3-6-15(16)19/h3,5-6,12-13,20H,2,4,7-11H2,1H3. The van der Waals surface area contributed by atoms with Crippen molar-refractivity contribution in [1.82, 2.24) is 5.32 Å². The van der Waals surface area contributed by atoms with Gasteiger partial charge in [-0.3, -0.25) is 0 Å². The third-order valence-corrected chi connectivity index (χ3v) is 5.49. The summed E-state index contributed by atoms with van der Waals surface area (Å²) in [5, 5.41) is 5.37. The molecule has 0 radical (unpaired) electrons. The van der Waals surface area contributed by atoms with Gasteiger partial charge < -0.3 is 5.32 Å². The molecule has 1 aromatic rings. The molecular formula is C17H23Cl2N. The van der Waals surface area contributed by atoms with E-state index in [-0.39, 0.29) is 5.41 Å². The van der Waals surface area contributed by atoms with Crippen molar-refractivity contribution in [3.05, 3.63) is 33.8 Å². The summed E-state index contributed by atoms with van der Waals surface area (Å²) in [6.07, 6.45) is 7.70. The zero-order valence-electron chi connectivity index (χ0n) is 12.1. The van der Waals surface area contributed by atoms with Gasteiger partial charge in [0.15, 0.2) is 0 Å². The molecule has 0 heterocycles. The minimum absolute atomic E-state index is 0.165. The molecule has 3 heteroatoms. The van der Waals surface area contributed by atoms with Crippen LogP contribution in [0.15, 0.2) is 18.2 Å². The molecule has 1 aromatic carbocycles. The van der Waals surface area contributed by atoms with E-state index >= 15 is 0 Å². The smallest absolute Gasteiger partial charge is 0.0459 e. The van der Waals surface area contributed by atoms with Gasteiger partial charge in [-0.15, -0.1) is 0 Å². The highest BCUT2D eigenvalue weighted by Gasteiger charge is 2.47. The predicted octanol–water partition coefficient (Wildman–Crippen LogP) is 5.19. The fourth-order valence-corrected chi connectivity index (χ4v) is 4.52. The molecule has 1 nitrogen and oxygen atoms in total. The number of halogens is 2. The molecular weight excluding hydrogens is 289 g/mol. The van der Waals surface area contributed by atoms with E-state index in [1.807, 2.05) is 18.2 Å². The van der Waals surface area contributed by atoms with Crippen molar-refractivity contribution in [2.45, 2.75) is 56.9 Å². The first-order chi connectivity index (χ1) is 9.64. The van der Waals surface area contributed by atoms with E-state index in [2.05, 4.69) is 12.2 Å². The van der Waals surface area contributed by atoms with Crippen LogP contribution in [0.2, 0.25) is 10.0 Å². The van der Waals surface area contributed by atoms with Crippen LogP contribution >= 0.6 is 23.2 Å². The minimum atomic E-state index is 0.165. The Bertz CT molecular complexity index is 456. The van der Waals surface area contributed by atoms with E-state index in [1.165, 1.54) is 44.1 Å². The molecule has 3 rings (SSSR count). The predicted molar refractivity (Wildman–Crippen MR) is 86.8 cm³/mol. The lowest BCUT2D eigenvalue weighted by Crippen LogP contribution is -2.49. The van der Waals surface area contributed by atoms with Crippen molar-refractivity contribution in [3.8, 4) is 0 Å². The van der Waals surface area contributed by atoms with E-state index in [0.29, 0.717) is 0 Å². The Morgan fingerprint density at radius 1 is 1.20 bits per heavy atom.